The van der Waals surface area contributed by atoms with Crippen molar-refractivity contribution in [1.82, 2.24) is 4.90 Å². The Morgan fingerprint density at radius 3 is 2.71 bits per heavy atom. The van der Waals surface area contributed by atoms with Crippen LogP contribution in [-0.4, -0.2) is 23.4 Å². The highest BCUT2D eigenvalue weighted by Gasteiger charge is 2.36. The van der Waals surface area contributed by atoms with Crippen LogP contribution in [0.4, 0.5) is 4.39 Å². The molecule has 0 bridgehead atoms. The number of carbonyl (C=O) groups excluding carboxylic acids is 1. The van der Waals surface area contributed by atoms with Crippen LogP contribution in [0.15, 0.2) is 53.0 Å². The van der Waals surface area contributed by atoms with Gasteiger partial charge in [0.1, 0.15) is 5.82 Å². The number of benzene rings is 2. The van der Waals surface area contributed by atoms with Crippen molar-refractivity contribution in [3.63, 3.8) is 0 Å². The van der Waals surface area contributed by atoms with E-state index in [0.717, 1.165) is 18.4 Å². The first kappa shape index (κ1) is 16.7. The van der Waals surface area contributed by atoms with Crippen molar-refractivity contribution in [2.24, 2.45) is 0 Å². The summed E-state index contributed by atoms with van der Waals surface area (Å²) in [5, 5.41) is 9.64. The van der Waals surface area contributed by atoms with Crippen molar-refractivity contribution >= 4 is 21.8 Å². The number of amides is 1. The third kappa shape index (κ3) is 3.34. The van der Waals surface area contributed by atoms with Crippen LogP contribution in [0.3, 0.4) is 0 Å². The minimum absolute atomic E-state index is 0.188. The van der Waals surface area contributed by atoms with Crippen LogP contribution in [0.1, 0.15) is 34.7 Å². The summed E-state index contributed by atoms with van der Waals surface area (Å²) in [5.41, 5.74) is 1.21. The number of rotatable bonds is 3. The molecule has 0 unspecified atom stereocenters. The van der Waals surface area contributed by atoms with Crippen LogP contribution >= 0.6 is 15.9 Å². The Morgan fingerprint density at radius 2 is 2.04 bits per heavy atom. The molecule has 0 saturated carbocycles. The maximum absolute atomic E-state index is 13.6. The number of hydrogen-bond donors (Lipinski definition) is 0. The topological polar surface area (TPSA) is 44.1 Å². The summed E-state index contributed by atoms with van der Waals surface area (Å²) < 4.78 is 14.1. The lowest BCUT2D eigenvalue weighted by Crippen LogP contribution is -2.39. The van der Waals surface area contributed by atoms with E-state index in [9.17, 15) is 14.4 Å². The lowest BCUT2D eigenvalue weighted by molar-refractivity contribution is 0.0727. The average Bonchev–Trinajstić information content (AvgIpc) is 3.04. The molecule has 0 aliphatic carbocycles. The normalized spacial score (nSPS) is 18.2. The van der Waals surface area contributed by atoms with Gasteiger partial charge in [-0.3, -0.25) is 4.79 Å². The Hall–Kier alpha value is -2.19. The fourth-order valence-electron chi connectivity index (χ4n) is 3.28. The molecule has 3 rings (SSSR count). The summed E-state index contributed by atoms with van der Waals surface area (Å²) in [4.78, 5) is 14.6. The minimum atomic E-state index is -0.455. The average molecular weight is 387 g/mol. The summed E-state index contributed by atoms with van der Waals surface area (Å²) in [5.74, 6) is -1.06. The number of carbonyl (C=O) groups is 1. The lowest BCUT2D eigenvalue weighted by atomic mass is 9.91. The molecule has 1 fully saturated rings. The SMILES string of the molecule is N#C[C@@H](c1ccccc1)[C@@H]1CCCN1C(=O)c1cc(F)cc(Br)c1. The molecule has 24 heavy (non-hydrogen) atoms. The van der Waals surface area contributed by atoms with Crippen LogP contribution in [-0.2, 0) is 0 Å². The van der Waals surface area contributed by atoms with Gasteiger partial charge in [-0.25, -0.2) is 4.39 Å². The molecule has 2 aromatic carbocycles. The van der Waals surface area contributed by atoms with E-state index >= 15 is 0 Å². The van der Waals surface area contributed by atoms with Crippen LogP contribution < -0.4 is 0 Å². The molecule has 2 atom stereocenters. The molecule has 1 aliphatic heterocycles. The van der Waals surface area contributed by atoms with E-state index < -0.39 is 5.82 Å². The lowest BCUT2D eigenvalue weighted by Gasteiger charge is -2.28. The van der Waals surface area contributed by atoms with Gasteiger partial charge in [0.15, 0.2) is 0 Å². The second-order valence-corrected chi connectivity index (χ2v) is 6.80. The van der Waals surface area contributed by atoms with E-state index in [2.05, 4.69) is 22.0 Å². The molecule has 2 aromatic rings. The van der Waals surface area contributed by atoms with Crippen molar-refractivity contribution in [1.29, 1.82) is 5.26 Å². The van der Waals surface area contributed by atoms with E-state index in [1.807, 2.05) is 30.3 Å². The second kappa shape index (κ2) is 7.14. The van der Waals surface area contributed by atoms with Crippen molar-refractivity contribution < 1.29 is 9.18 Å². The zero-order valence-electron chi connectivity index (χ0n) is 13.0. The monoisotopic (exact) mass is 386 g/mol. The summed E-state index contributed by atoms with van der Waals surface area (Å²) in [6, 6.07) is 15.8. The first-order chi connectivity index (χ1) is 11.6. The Bertz CT molecular complexity index is 767. The predicted octanol–water partition coefficient (Wildman–Crippen LogP) is 4.50. The Kier molecular flexibility index (Phi) is 4.96. The van der Waals surface area contributed by atoms with Crippen LogP contribution in [0.5, 0.6) is 0 Å². The maximum Gasteiger partial charge on any atom is 0.254 e. The zero-order chi connectivity index (χ0) is 17.1. The van der Waals surface area contributed by atoms with Gasteiger partial charge in [-0.05, 0) is 36.6 Å². The number of halogens is 2. The van der Waals surface area contributed by atoms with Crippen molar-refractivity contribution in [3.05, 3.63) is 69.9 Å². The van der Waals surface area contributed by atoms with Crippen LogP contribution in [0.25, 0.3) is 0 Å². The second-order valence-electron chi connectivity index (χ2n) is 5.88. The smallest absolute Gasteiger partial charge is 0.254 e. The van der Waals surface area contributed by atoms with Crippen molar-refractivity contribution in [3.8, 4) is 6.07 Å². The molecule has 0 N–H and O–H groups in total. The third-order valence-corrected chi connectivity index (χ3v) is 4.81. The molecule has 0 radical (unpaired) electrons. The quantitative estimate of drug-likeness (QED) is 0.779. The molecule has 1 amide bonds. The molecular weight excluding hydrogens is 371 g/mol. The van der Waals surface area contributed by atoms with Gasteiger partial charge >= 0.3 is 0 Å². The first-order valence-electron chi connectivity index (χ1n) is 7.82. The van der Waals surface area contributed by atoms with E-state index in [4.69, 9.17) is 0 Å². The number of nitrogens with zero attached hydrogens (tertiary/aromatic N) is 2. The van der Waals surface area contributed by atoms with Crippen molar-refractivity contribution in [2.45, 2.75) is 24.8 Å². The summed E-state index contributed by atoms with van der Waals surface area (Å²) in [7, 11) is 0. The van der Waals surface area contributed by atoms with Gasteiger partial charge in [-0.1, -0.05) is 46.3 Å². The number of nitriles is 1. The first-order valence-corrected chi connectivity index (χ1v) is 8.61. The molecule has 3 nitrogen and oxygen atoms in total. The molecule has 122 valence electrons. The van der Waals surface area contributed by atoms with Gasteiger partial charge in [0.25, 0.3) is 5.91 Å². The van der Waals surface area contributed by atoms with Crippen molar-refractivity contribution in [2.75, 3.05) is 6.54 Å². The van der Waals surface area contributed by atoms with E-state index in [-0.39, 0.29) is 17.9 Å². The van der Waals surface area contributed by atoms with Gasteiger partial charge in [-0.2, -0.15) is 5.26 Å². The van der Waals surface area contributed by atoms with Gasteiger partial charge in [0, 0.05) is 16.6 Å². The molecule has 1 saturated heterocycles. The highest BCUT2D eigenvalue weighted by atomic mass is 79.9. The summed E-state index contributed by atoms with van der Waals surface area (Å²) in [6.07, 6.45) is 1.62. The highest BCUT2D eigenvalue weighted by Crippen LogP contribution is 2.32. The summed E-state index contributed by atoms with van der Waals surface area (Å²) in [6.45, 7) is 0.586. The van der Waals surface area contributed by atoms with E-state index in [0.29, 0.717) is 16.6 Å². The molecular formula is C19H16BrFN2O. The molecule has 0 aromatic heterocycles. The highest BCUT2D eigenvalue weighted by molar-refractivity contribution is 9.10. The Labute approximate surface area is 148 Å². The predicted molar refractivity (Wildman–Crippen MR) is 93.0 cm³/mol. The van der Waals surface area contributed by atoms with Gasteiger partial charge in [0.05, 0.1) is 18.0 Å². The molecule has 0 spiro atoms. The summed E-state index contributed by atoms with van der Waals surface area (Å²) >= 11 is 3.22. The van der Waals surface area contributed by atoms with Gasteiger partial charge < -0.3 is 4.90 Å². The van der Waals surface area contributed by atoms with E-state index in [1.165, 1.54) is 12.1 Å². The standard InChI is InChI=1S/C19H16BrFN2O/c20-15-9-14(10-16(21)11-15)19(24)23-8-4-7-18(23)17(12-22)13-5-2-1-3-6-13/h1-3,5-6,9-11,17-18H,4,7-8H2/t17-,18-/m0/s1. The molecule has 1 heterocycles. The third-order valence-electron chi connectivity index (χ3n) is 4.35. The van der Waals surface area contributed by atoms with Gasteiger partial charge in [-0.15, -0.1) is 0 Å². The van der Waals surface area contributed by atoms with Crippen LogP contribution in [0.2, 0.25) is 0 Å². The number of hydrogen-bond acceptors (Lipinski definition) is 2. The fraction of sp³-hybridized carbons (Fsp3) is 0.263. The molecule has 5 heteroatoms. The number of likely N-dealkylation sites (tertiary alicyclic amines) is 1. The Balaban J connectivity index is 1.90. The fourth-order valence-corrected chi connectivity index (χ4v) is 3.74. The Morgan fingerprint density at radius 1 is 1.29 bits per heavy atom. The maximum atomic E-state index is 13.6. The molecule has 1 aliphatic rings. The van der Waals surface area contributed by atoms with E-state index in [1.54, 1.807) is 11.0 Å². The minimum Gasteiger partial charge on any atom is -0.334 e. The van der Waals surface area contributed by atoms with Gasteiger partial charge in [0.2, 0.25) is 0 Å². The largest absolute Gasteiger partial charge is 0.334 e. The zero-order valence-corrected chi connectivity index (χ0v) is 14.5. The van der Waals surface area contributed by atoms with Crippen LogP contribution in [0, 0.1) is 17.1 Å².